The molecule has 0 aliphatic heterocycles. The average Bonchev–Trinajstić information content (AvgIpc) is 2.79. The van der Waals surface area contributed by atoms with Gasteiger partial charge in [-0.15, -0.1) is 5.10 Å². The Labute approximate surface area is 184 Å². The first-order valence-electron chi connectivity index (χ1n) is 9.71. The molecule has 0 radical (unpaired) electrons. The van der Waals surface area contributed by atoms with E-state index in [4.69, 9.17) is 9.47 Å². The summed E-state index contributed by atoms with van der Waals surface area (Å²) in [6.07, 6.45) is 0. The summed E-state index contributed by atoms with van der Waals surface area (Å²) in [5.41, 5.74) is 1.86. The number of carboxylic acids is 2. The Hall–Kier alpha value is -4.14. The molecular formula is C23H23N3O6. The number of hydrogen-bond donors (Lipinski definition) is 2. The molecule has 9 nitrogen and oxygen atoms in total. The van der Waals surface area contributed by atoms with E-state index in [1.165, 1.54) is 6.07 Å². The molecule has 32 heavy (non-hydrogen) atoms. The van der Waals surface area contributed by atoms with E-state index in [0.717, 1.165) is 22.6 Å². The van der Waals surface area contributed by atoms with E-state index in [-0.39, 0.29) is 5.69 Å². The van der Waals surface area contributed by atoms with Gasteiger partial charge in [0.25, 0.3) is 0 Å². The van der Waals surface area contributed by atoms with Crippen LogP contribution in [0.2, 0.25) is 0 Å². The van der Waals surface area contributed by atoms with Crippen molar-refractivity contribution < 1.29 is 29.3 Å². The summed E-state index contributed by atoms with van der Waals surface area (Å²) in [5, 5.41) is 26.4. The van der Waals surface area contributed by atoms with E-state index >= 15 is 0 Å². The number of carbonyl (C=O) groups is 2. The highest BCUT2D eigenvalue weighted by Crippen LogP contribution is 2.22. The highest BCUT2D eigenvalue weighted by molar-refractivity contribution is 5.98. The minimum absolute atomic E-state index is 0.136. The van der Waals surface area contributed by atoms with Gasteiger partial charge in [0.2, 0.25) is 0 Å². The van der Waals surface area contributed by atoms with Gasteiger partial charge >= 0.3 is 11.9 Å². The van der Waals surface area contributed by atoms with Gasteiger partial charge in [-0.3, -0.25) is 9.59 Å². The second kappa shape index (κ2) is 10.3. The number of aromatic nitrogens is 2. The Kier molecular flexibility index (Phi) is 7.22. The quantitative estimate of drug-likeness (QED) is 0.461. The van der Waals surface area contributed by atoms with Crippen molar-refractivity contribution in [3.8, 4) is 11.5 Å². The predicted octanol–water partition coefficient (Wildman–Crippen LogP) is 2.95. The van der Waals surface area contributed by atoms with Crippen molar-refractivity contribution in [2.45, 2.75) is 19.0 Å². The minimum Gasteiger partial charge on any atom is -0.497 e. The summed E-state index contributed by atoms with van der Waals surface area (Å²) in [6, 6.07) is 18.1. The molecular weight excluding hydrogens is 414 g/mol. The van der Waals surface area contributed by atoms with Crippen LogP contribution < -0.4 is 14.4 Å². The fourth-order valence-corrected chi connectivity index (χ4v) is 3.14. The topological polar surface area (TPSA) is 122 Å². The summed E-state index contributed by atoms with van der Waals surface area (Å²) in [4.78, 5) is 24.5. The smallest absolute Gasteiger partial charge is 0.324 e. The molecule has 0 aliphatic rings. The molecule has 166 valence electrons. The molecule has 0 unspecified atom stereocenters. The summed E-state index contributed by atoms with van der Waals surface area (Å²) < 4.78 is 10.4. The third kappa shape index (κ3) is 5.51. The van der Waals surface area contributed by atoms with Gasteiger partial charge in [-0.2, -0.15) is 5.10 Å². The third-order valence-electron chi connectivity index (χ3n) is 4.85. The molecule has 0 amide bonds. The maximum atomic E-state index is 11.3. The maximum absolute atomic E-state index is 11.3. The van der Waals surface area contributed by atoms with Crippen LogP contribution in [-0.4, -0.2) is 46.6 Å². The van der Waals surface area contributed by atoms with Gasteiger partial charge < -0.3 is 24.6 Å². The lowest BCUT2D eigenvalue weighted by Crippen LogP contribution is -2.25. The molecule has 0 saturated carbocycles. The zero-order chi connectivity index (χ0) is 23.1. The molecule has 0 atom stereocenters. The number of benzene rings is 2. The maximum Gasteiger partial charge on any atom is 0.324 e. The van der Waals surface area contributed by atoms with Crippen molar-refractivity contribution in [3.05, 3.63) is 77.5 Å². The number of methoxy groups -OCH3 is 2. The molecule has 9 heteroatoms. The molecule has 0 fully saturated rings. The van der Waals surface area contributed by atoms with Crippen LogP contribution in [0.4, 0.5) is 5.82 Å². The highest BCUT2D eigenvalue weighted by Gasteiger charge is 2.30. The molecule has 3 rings (SSSR count). The van der Waals surface area contributed by atoms with Crippen molar-refractivity contribution in [2.24, 2.45) is 0 Å². The molecule has 1 heterocycles. The van der Waals surface area contributed by atoms with Gasteiger partial charge in [-0.05, 0) is 47.5 Å². The number of ether oxygens (including phenoxy) is 2. The SMILES string of the molecule is COc1ccc(CN(Cc2ccc(OC)cc2)c2ccc(C(C(=O)O)C(=O)O)nn2)cc1. The van der Waals surface area contributed by atoms with Gasteiger partial charge in [0.05, 0.1) is 19.9 Å². The van der Waals surface area contributed by atoms with Crippen LogP contribution in [0.5, 0.6) is 11.5 Å². The van der Waals surface area contributed by atoms with Gasteiger partial charge in [-0.25, -0.2) is 0 Å². The minimum atomic E-state index is -1.77. The number of aliphatic carboxylic acids is 2. The Morgan fingerprint density at radius 2 is 1.25 bits per heavy atom. The fourth-order valence-electron chi connectivity index (χ4n) is 3.14. The third-order valence-corrected chi connectivity index (χ3v) is 4.85. The molecule has 0 bridgehead atoms. The van der Waals surface area contributed by atoms with Gasteiger partial charge in [0.15, 0.2) is 11.7 Å². The van der Waals surface area contributed by atoms with Crippen LogP contribution in [0.25, 0.3) is 0 Å². The first-order chi connectivity index (χ1) is 15.4. The van der Waals surface area contributed by atoms with Crippen LogP contribution in [0.3, 0.4) is 0 Å². The van der Waals surface area contributed by atoms with Gasteiger partial charge in [0, 0.05) is 13.1 Å². The lowest BCUT2D eigenvalue weighted by molar-refractivity contribution is -0.150. The number of anilines is 1. The second-order valence-electron chi connectivity index (χ2n) is 6.98. The molecule has 0 aliphatic carbocycles. The van der Waals surface area contributed by atoms with Crippen molar-refractivity contribution >= 4 is 17.8 Å². The highest BCUT2D eigenvalue weighted by atomic mass is 16.5. The van der Waals surface area contributed by atoms with E-state index in [1.54, 1.807) is 20.3 Å². The zero-order valence-corrected chi connectivity index (χ0v) is 17.6. The first-order valence-corrected chi connectivity index (χ1v) is 9.71. The number of nitrogens with zero attached hydrogens (tertiary/aromatic N) is 3. The van der Waals surface area contributed by atoms with Gasteiger partial charge in [-0.1, -0.05) is 24.3 Å². The van der Waals surface area contributed by atoms with Crippen LogP contribution in [0.1, 0.15) is 22.7 Å². The summed E-state index contributed by atoms with van der Waals surface area (Å²) in [7, 11) is 3.20. The monoisotopic (exact) mass is 437 g/mol. The Balaban J connectivity index is 1.89. The van der Waals surface area contributed by atoms with Gasteiger partial charge in [0.1, 0.15) is 11.5 Å². The average molecular weight is 437 g/mol. The number of hydrogen-bond acceptors (Lipinski definition) is 7. The van der Waals surface area contributed by atoms with E-state index in [2.05, 4.69) is 10.2 Å². The van der Waals surface area contributed by atoms with Crippen LogP contribution in [0, 0.1) is 0 Å². The number of carboxylic acid groups (broad SMARTS) is 2. The Morgan fingerprint density at radius 1 is 0.781 bits per heavy atom. The van der Waals surface area contributed by atoms with Crippen molar-refractivity contribution in [3.63, 3.8) is 0 Å². The van der Waals surface area contributed by atoms with Crippen LogP contribution in [0.15, 0.2) is 60.7 Å². The molecule has 3 aromatic rings. The Morgan fingerprint density at radius 3 is 1.59 bits per heavy atom. The lowest BCUT2D eigenvalue weighted by Gasteiger charge is -2.24. The predicted molar refractivity (Wildman–Crippen MR) is 116 cm³/mol. The summed E-state index contributed by atoms with van der Waals surface area (Å²) in [6.45, 7) is 0.983. The molecule has 2 N–H and O–H groups in total. The van der Waals surface area contributed by atoms with Crippen LogP contribution >= 0.6 is 0 Å². The van der Waals surface area contributed by atoms with Crippen molar-refractivity contribution in [2.75, 3.05) is 19.1 Å². The molecule has 0 spiro atoms. The lowest BCUT2D eigenvalue weighted by atomic mass is 10.1. The van der Waals surface area contributed by atoms with E-state index < -0.39 is 17.9 Å². The van der Waals surface area contributed by atoms with Crippen molar-refractivity contribution in [1.82, 2.24) is 10.2 Å². The van der Waals surface area contributed by atoms with Crippen LogP contribution in [-0.2, 0) is 22.7 Å². The zero-order valence-electron chi connectivity index (χ0n) is 17.6. The van der Waals surface area contributed by atoms with Crippen molar-refractivity contribution in [1.29, 1.82) is 0 Å². The second-order valence-corrected chi connectivity index (χ2v) is 6.98. The van der Waals surface area contributed by atoms with E-state index in [9.17, 15) is 19.8 Å². The van der Waals surface area contributed by atoms with E-state index in [1.807, 2.05) is 53.4 Å². The number of rotatable bonds is 10. The largest absolute Gasteiger partial charge is 0.497 e. The molecule has 1 aromatic heterocycles. The summed E-state index contributed by atoms with van der Waals surface area (Å²) in [5.74, 6) is -2.79. The van der Waals surface area contributed by atoms with E-state index in [0.29, 0.717) is 18.9 Å². The molecule has 0 saturated heterocycles. The summed E-state index contributed by atoms with van der Waals surface area (Å²) >= 11 is 0. The normalized spacial score (nSPS) is 10.6. The Bertz CT molecular complexity index is 989. The standard InChI is InChI=1S/C23H23N3O6/c1-31-17-7-3-15(4-8-17)13-26(14-16-5-9-18(32-2)10-6-16)20-12-11-19(24-25-20)21(22(27)28)23(29)30/h3-12,21H,13-14H2,1-2H3,(H,27,28)(H,29,30). The fraction of sp³-hybridized carbons (Fsp3) is 0.217. The first kappa shape index (κ1) is 22.5. The molecule has 2 aromatic carbocycles.